The molecule has 0 spiro atoms. The van der Waals surface area contributed by atoms with E-state index in [0.717, 1.165) is 0 Å². The van der Waals surface area contributed by atoms with Crippen LogP contribution in [-0.4, -0.2) is 56.3 Å². The van der Waals surface area contributed by atoms with Crippen LogP contribution >= 0.6 is 7.82 Å². The van der Waals surface area contributed by atoms with Gasteiger partial charge in [-0.25, -0.2) is 4.57 Å². The lowest BCUT2D eigenvalue weighted by Crippen LogP contribution is -2.48. The first-order valence-electron chi connectivity index (χ1n) is 3.68. The van der Waals surface area contributed by atoms with Gasteiger partial charge in [-0.3, -0.25) is 4.52 Å². The highest BCUT2D eigenvalue weighted by molar-refractivity contribution is 7.46. The Hall–Kier alpha value is -0.0500. The summed E-state index contributed by atoms with van der Waals surface area (Å²) in [6.07, 6.45) is -2.90. The van der Waals surface area contributed by atoms with Gasteiger partial charge in [-0.2, -0.15) is 0 Å². The van der Waals surface area contributed by atoms with Crippen LogP contribution in [-0.2, 0) is 13.8 Å². The first-order valence-corrected chi connectivity index (χ1v) is 5.21. The number of phosphoric acid groups is 1. The standard InChI is InChI=1S/C5H11O8P/c6-3-1-12-4(5(3,7)8)2-13-14(9,10)11/h3-4,6-8H,1-2H2,(H2,9,10,11)/t3-,4+/m0/s1. The van der Waals surface area contributed by atoms with Gasteiger partial charge in [-0.15, -0.1) is 0 Å². The molecule has 1 saturated heterocycles. The summed E-state index contributed by atoms with van der Waals surface area (Å²) in [5.74, 6) is -2.55. The van der Waals surface area contributed by atoms with E-state index < -0.39 is 32.4 Å². The van der Waals surface area contributed by atoms with Crippen LogP contribution in [0.25, 0.3) is 0 Å². The van der Waals surface area contributed by atoms with Crippen LogP contribution in [0.4, 0.5) is 0 Å². The molecule has 8 nitrogen and oxygen atoms in total. The van der Waals surface area contributed by atoms with Crippen LogP contribution in [0.15, 0.2) is 0 Å². The summed E-state index contributed by atoms with van der Waals surface area (Å²) in [5, 5.41) is 27.3. The first kappa shape index (κ1) is 12.0. The van der Waals surface area contributed by atoms with E-state index in [1.54, 1.807) is 0 Å². The van der Waals surface area contributed by atoms with Crippen LogP contribution in [0, 0.1) is 0 Å². The van der Waals surface area contributed by atoms with Gasteiger partial charge in [0.05, 0.1) is 13.2 Å². The summed E-state index contributed by atoms with van der Waals surface area (Å²) in [4.78, 5) is 16.6. The number of hydrogen-bond donors (Lipinski definition) is 5. The third kappa shape index (κ3) is 2.72. The number of ether oxygens (including phenoxy) is 1. The SMILES string of the molecule is O=P(O)(O)OC[C@H]1OC[C@H](O)C1(O)O. The summed E-state index contributed by atoms with van der Waals surface area (Å²) in [6, 6.07) is 0. The molecule has 84 valence electrons. The third-order valence-electron chi connectivity index (χ3n) is 1.81. The molecule has 14 heavy (non-hydrogen) atoms. The molecule has 2 atom stereocenters. The molecule has 9 heteroatoms. The summed E-state index contributed by atoms with van der Waals surface area (Å²) in [5.41, 5.74) is 0. The normalized spacial score (nSPS) is 32.1. The highest BCUT2D eigenvalue weighted by Gasteiger charge is 2.49. The second-order valence-electron chi connectivity index (χ2n) is 2.91. The van der Waals surface area contributed by atoms with E-state index in [1.807, 2.05) is 0 Å². The van der Waals surface area contributed by atoms with E-state index in [-0.39, 0.29) is 6.61 Å². The Balaban J connectivity index is 2.51. The molecule has 1 aliphatic rings. The molecular formula is C5H11O8P. The average molecular weight is 230 g/mol. The predicted molar refractivity (Wildman–Crippen MR) is 40.9 cm³/mol. The molecule has 0 aliphatic carbocycles. The minimum Gasteiger partial charge on any atom is -0.385 e. The topological polar surface area (TPSA) is 137 Å². The maximum Gasteiger partial charge on any atom is 0.469 e. The molecule has 1 heterocycles. The third-order valence-corrected chi connectivity index (χ3v) is 2.30. The van der Waals surface area contributed by atoms with E-state index in [9.17, 15) is 4.57 Å². The second kappa shape index (κ2) is 3.84. The van der Waals surface area contributed by atoms with E-state index in [1.165, 1.54) is 0 Å². The zero-order valence-electron chi connectivity index (χ0n) is 6.98. The van der Waals surface area contributed by atoms with Crippen molar-refractivity contribution >= 4 is 7.82 Å². The van der Waals surface area contributed by atoms with Gasteiger partial charge in [-0.1, -0.05) is 0 Å². The van der Waals surface area contributed by atoms with E-state index in [4.69, 9.17) is 25.1 Å². The Morgan fingerprint density at radius 1 is 1.50 bits per heavy atom. The number of aliphatic hydroxyl groups excluding tert-OH is 1. The van der Waals surface area contributed by atoms with Crippen molar-refractivity contribution < 1.29 is 38.9 Å². The fraction of sp³-hybridized carbons (Fsp3) is 1.00. The highest BCUT2D eigenvalue weighted by Crippen LogP contribution is 2.37. The van der Waals surface area contributed by atoms with Gasteiger partial charge < -0.3 is 29.8 Å². The quantitative estimate of drug-likeness (QED) is 0.266. The molecule has 0 aromatic rings. The van der Waals surface area contributed by atoms with Crippen molar-refractivity contribution in [1.82, 2.24) is 0 Å². The Kier molecular flexibility index (Phi) is 3.30. The average Bonchev–Trinajstić information content (AvgIpc) is 2.23. The molecule has 0 unspecified atom stereocenters. The second-order valence-corrected chi connectivity index (χ2v) is 4.15. The van der Waals surface area contributed by atoms with Crippen molar-refractivity contribution in [2.24, 2.45) is 0 Å². The van der Waals surface area contributed by atoms with Crippen molar-refractivity contribution in [3.05, 3.63) is 0 Å². The summed E-state index contributed by atoms with van der Waals surface area (Å²) in [7, 11) is -4.68. The van der Waals surface area contributed by atoms with Crippen molar-refractivity contribution in [3.8, 4) is 0 Å². The van der Waals surface area contributed by atoms with Gasteiger partial charge in [0, 0.05) is 0 Å². The Morgan fingerprint density at radius 2 is 2.07 bits per heavy atom. The molecule has 1 aliphatic heterocycles. The van der Waals surface area contributed by atoms with Crippen LogP contribution in [0.2, 0.25) is 0 Å². The van der Waals surface area contributed by atoms with Crippen molar-refractivity contribution in [3.63, 3.8) is 0 Å². The van der Waals surface area contributed by atoms with Crippen LogP contribution < -0.4 is 0 Å². The maximum atomic E-state index is 10.3. The largest absolute Gasteiger partial charge is 0.469 e. The Bertz CT molecular complexity index is 246. The fourth-order valence-electron chi connectivity index (χ4n) is 1.00. The fourth-order valence-corrected chi connectivity index (χ4v) is 1.33. The van der Waals surface area contributed by atoms with Gasteiger partial charge in [0.1, 0.15) is 12.2 Å². The molecule has 0 aromatic heterocycles. The molecule has 0 aromatic carbocycles. The van der Waals surface area contributed by atoms with Crippen molar-refractivity contribution in [1.29, 1.82) is 0 Å². The van der Waals surface area contributed by atoms with Crippen LogP contribution in [0.1, 0.15) is 0 Å². The van der Waals surface area contributed by atoms with E-state index in [0.29, 0.717) is 0 Å². The summed E-state index contributed by atoms with van der Waals surface area (Å²) >= 11 is 0. The zero-order chi connectivity index (χ0) is 11.0. The molecule has 0 radical (unpaired) electrons. The lowest BCUT2D eigenvalue weighted by Gasteiger charge is -2.24. The molecule has 1 rings (SSSR count). The number of phosphoric ester groups is 1. The monoisotopic (exact) mass is 230 g/mol. The van der Waals surface area contributed by atoms with E-state index >= 15 is 0 Å². The zero-order valence-corrected chi connectivity index (χ0v) is 7.87. The molecule has 0 saturated carbocycles. The van der Waals surface area contributed by atoms with Gasteiger partial charge in [0.2, 0.25) is 5.79 Å². The number of hydrogen-bond acceptors (Lipinski definition) is 6. The molecular weight excluding hydrogens is 219 g/mol. The van der Waals surface area contributed by atoms with Crippen molar-refractivity contribution in [2.45, 2.75) is 18.0 Å². The smallest absolute Gasteiger partial charge is 0.385 e. The van der Waals surface area contributed by atoms with Crippen molar-refractivity contribution in [2.75, 3.05) is 13.2 Å². The Labute approximate surface area is 78.9 Å². The van der Waals surface area contributed by atoms with Gasteiger partial charge >= 0.3 is 7.82 Å². The predicted octanol–water partition coefficient (Wildman–Crippen LogP) is -2.46. The van der Waals surface area contributed by atoms with Gasteiger partial charge in [-0.05, 0) is 0 Å². The van der Waals surface area contributed by atoms with Gasteiger partial charge in [0.15, 0.2) is 0 Å². The first-order chi connectivity index (χ1) is 6.23. The van der Waals surface area contributed by atoms with Gasteiger partial charge in [0.25, 0.3) is 0 Å². The highest BCUT2D eigenvalue weighted by atomic mass is 31.2. The molecule has 0 bridgehead atoms. The molecule has 5 N–H and O–H groups in total. The molecule has 0 amide bonds. The minimum absolute atomic E-state index is 0.331. The lowest BCUT2D eigenvalue weighted by atomic mass is 10.1. The lowest BCUT2D eigenvalue weighted by molar-refractivity contribution is -0.233. The number of rotatable bonds is 3. The Morgan fingerprint density at radius 3 is 2.43 bits per heavy atom. The number of aliphatic hydroxyl groups is 3. The summed E-state index contributed by atoms with van der Waals surface area (Å²) < 4.78 is 18.9. The van der Waals surface area contributed by atoms with Crippen LogP contribution in [0.5, 0.6) is 0 Å². The summed E-state index contributed by atoms with van der Waals surface area (Å²) in [6.45, 7) is -1.05. The minimum atomic E-state index is -4.68. The molecule has 1 fully saturated rings. The maximum absolute atomic E-state index is 10.3. The van der Waals surface area contributed by atoms with Crippen LogP contribution in [0.3, 0.4) is 0 Å². The van der Waals surface area contributed by atoms with E-state index in [2.05, 4.69) is 9.26 Å².